The van der Waals surface area contributed by atoms with Crippen LogP contribution in [0.3, 0.4) is 0 Å². The molecule has 0 aromatic carbocycles. The molecule has 1 rings (SSSR count). The SMILES string of the molecule is CCCCCCC(C)NCc1sc(N(C)C)nc1OC. The van der Waals surface area contributed by atoms with E-state index in [0.717, 1.165) is 17.6 Å². The van der Waals surface area contributed by atoms with Crippen LogP contribution in [0.2, 0.25) is 0 Å². The van der Waals surface area contributed by atoms with Crippen LogP contribution in [0.4, 0.5) is 5.13 Å². The summed E-state index contributed by atoms with van der Waals surface area (Å²) in [6, 6.07) is 0.543. The van der Waals surface area contributed by atoms with Crippen molar-refractivity contribution < 1.29 is 4.74 Å². The Balaban J connectivity index is 2.40. The lowest BCUT2D eigenvalue weighted by Crippen LogP contribution is -2.25. The number of aromatic nitrogens is 1. The highest BCUT2D eigenvalue weighted by Crippen LogP contribution is 2.30. The quantitative estimate of drug-likeness (QED) is 0.669. The Kier molecular flexibility index (Phi) is 7.92. The van der Waals surface area contributed by atoms with Crippen molar-refractivity contribution in [2.75, 3.05) is 26.1 Å². The first kappa shape index (κ1) is 17.2. The molecule has 0 saturated heterocycles. The molecular formula is C15H29N3OS. The number of hydrogen-bond donors (Lipinski definition) is 1. The molecule has 1 aromatic rings. The summed E-state index contributed by atoms with van der Waals surface area (Å²) in [5.74, 6) is 0.754. The van der Waals surface area contributed by atoms with Gasteiger partial charge in [0.15, 0.2) is 5.13 Å². The first-order valence-electron chi connectivity index (χ1n) is 7.52. The van der Waals surface area contributed by atoms with Gasteiger partial charge in [0.25, 0.3) is 0 Å². The zero-order chi connectivity index (χ0) is 15.0. The van der Waals surface area contributed by atoms with Crippen LogP contribution in [0.25, 0.3) is 0 Å². The summed E-state index contributed by atoms with van der Waals surface area (Å²) in [5, 5.41) is 4.57. The van der Waals surface area contributed by atoms with Crippen LogP contribution in [-0.4, -0.2) is 32.2 Å². The average molecular weight is 299 g/mol. The van der Waals surface area contributed by atoms with E-state index >= 15 is 0 Å². The maximum Gasteiger partial charge on any atom is 0.230 e. The standard InChI is InChI=1S/C15H29N3OS/c1-6-7-8-9-10-12(2)16-11-13-14(19-5)17-15(20-13)18(3)4/h12,16H,6-11H2,1-5H3. The van der Waals surface area contributed by atoms with Crippen LogP contribution in [0.1, 0.15) is 50.8 Å². The van der Waals surface area contributed by atoms with Crippen LogP contribution in [-0.2, 0) is 6.54 Å². The van der Waals surface area contributed by atoms with Gasteiger partial charge in [0, 0.05) is 26.7 Å². The van der Waals surface area contributed by atoms with Crippen molar-refractivity contribution in [2.24, 2.45) is 0 Å². The van der Waals surface area contributed by atoms with Gasteiger partial charge in [-0.25, -0.2) is 0 Å². The summed E-state index contributed by atoms with van der Waals surface area (Å²) in [6.07, 6.45) is 6.54. The van der Waals surface area contributed by atoms with Gasteiger partial charge in [-0.05, 0) is 13.3 Å². The summed E-state index contributed by atoms with van der Waals surface area (Å²) in [5.41, 5.74) is 0. The minimum absolute atomic E-state index is 0.543. The molecule has 1 aromatic heterocycles. The molecule has 20 heavy (non-hydrogen) atoms. The van der Waals surface area contributed by atoms with Gasteiger partial charge in [-0.2, -0.15) is 4.98 Å². The molecule has 0 saturated carbocycles. The fourth-order valence-corrected chi connectivity index (χ4v) is 2.94. The maximum atomic E-state index is 5.35. The Bertz CT molecular complexity index is 379. The van der Waals surface area contributed by atoms with Gasteiger partial charge >= 0.3 is 0 Å². The maximum absolute atomic E-state index is 5.35. The largest absolute Gasteiger partial charge is 0.480 e. The van der Waals surface area contributed by atoms with Crippen LogP contribution in [0, 0.1) is 0 Å². The van der Waals surface area contributed by atoms with Gasteiger partial charge in [-0.15, -0.1) is 0 Å². The molecule has 4 nitrogen and oxygen atoms in total. The molecule has 0 amide bonds. The van der Waals surface area contributed by atoms with Crippen molar-refractivity contribution >= 4 is 16.5 Å². The molecule has 0 fully saturated rings. The summed E-state index contributed by atoms with van der Waals surface area (Å²) < 4.78 is 5.35. The number of methoxy groups -OCH3 is 1. The van der Waals surface area contributed by atoms with Crippen molar-refractivity contribution in [1.82, 2.24) is 10.3 Å². The molecule has 116 valence electrons. The topological polar surface area (TPSA) is 37.4 Å². The number of rotatable bonds is 10. The van der Waals surface area contributed by atoms with Crippen LogP contribution in [0.15, 0.2) is 0 Å². The first-order valence-corrected chi connectivity index (χ1v) is 8.34. The zero-order valence-electron chi connectivity index (χ0n) is 13.5. The second-order valence-electron chi connectivity index (χ2n) is 5.45. The van der Waals surface area contributed by atoms with E-state index < -0.39 is 0 Å². The number of nitrogens with zero attached hydrogens (tertiary/aromatic N) is 2. The molecule has 5 heteroatoms. The van der Waals surface area contributed by atoms with E-state index in [2.05, 4.69) is 24.1 Å². The molecule has 1 N–H and O–H groups in total. The molecule has 1 heterocycles. The molecule has 0 bridgehead atoms. The number of nitrogens with one attached hydrogen (secondary N) is 1. The van der Waals surface area contributed by atoms with Crippen LogP contribution >= 0.6 is 11.3 Å². The van der Waals surface area contributed by atoms with Crippen molar-refractivity contribution in [3.05, 3.63) is 4.88 Å². The molecule has 0 aliphatic heterocycles. The van der Waals surface area contributed by atoms with Gasteiger partial charge < -0.3 is 15.0 Å². The van der Waals surface area contributed by atoms with Crippen molar-refractivity contribution in [1.29, 1.82) is 0 Å². The monoisotopic (exact) mass is 299 g/mol. The third-order valence-electron chi connectivity index (χ3n) is 3.33. The number of ether oxygens (including phenoxy) is 1. The zero-order valence-corrected chi connectivity index (χ0v) is 14.3. The summed E-state index contributed by atoms with van der Waals surface area (Å²) in [6.45, 7) is 5.34. The lowest BCUT2D eigenvalue weighted by Gasteiger charge is -2.13. The van der Waals surface area contributed by atoms with Gasteiger partial charge in [-0.1, -0.05) is 43.9 Å². The van der Waals surface area contributed by atoms with Crippen molar-refractivity contribution in [3.63, 3.8) is 0 Å². The predicted octanol–water partition coefficient (Wildman–Crippen LogP) is 3.67. The molecular weight excluding hydrogens is 270 g/mol. The van der Waals surface area contributed by atoms with Gasteiger partial charge in [0.1, 0.15) is 0 Å². The smallest absolute Gasteiger partial charge is 0.230 e. The van der Waals surface area contributed by atoms with E-state index in [1.807, 2.05) is 19.0 Å². The van der Waals surface area contributed by atoms with Crippen molar-refractivity contribution in [3.8, 4) is 5.88 Å². The Labute approximate surface area is 127 Å². The minimum Gasteiger partial charge on any atom is -0.480 e. The van der Waals surface area contributed by atoms with E-state index in [4.69, 9.17) is 4.74 Å². The van der Waals surface area contributed by atoms with Gasteiger partial charge in [0.2, 0.25) is 5.88 Å². The molecule has 0 aliphatic rings. The molecule has 0 radical (unpaired) electrons. The van der Waals surface area contributed by atoms with E-state index in [9.17, 15) is 0 Å². The summed E-state index contributed by atoms with van der Waals surface area (Å²) >= 11 is 1.69. The third kappa shape index (κ3) is 5.67. The Hall–Kier alpha value is -0.810. The van der Waals surface area contributed by atoms with Gasteiger partial charge in [0.05, 0.1) is 12.0 Å². The predicted molar refractivity (Wildman–Crippen MR) is 88.1 cm³/mol. The Morgan fingerprint density at radius 1 is 1.30 bits per heavy atom. The minimum atomic E-state index is 0.543. The number of hydrogen-bond acceptors (Lipinski definition) is 5. The normalized spacial score (nSPS) is 12.4. The fourth-order valence-electron chi connectivity index (χ4n) is 2.03. The van der Waals surface area contributed by atoms with Gasteiger partial charge in [-0.3, -0.25) is 0 Å². The fraction of sp³-hybridized carbons (Fsp3) is 0.800. The third-order valence-corrected chi connectivity index (χ3v) is 4.53. The van der Waals surface area contributed by atoms with Crippen LogP contribution in [0.5, 0.6) is 5.88 Å². The highest BCUT2D eigenvalue weighted by Gasteiger charge is 2.13. The highest BCUT2D eigenvalue weighted by atomic mass is 32.1. The lowest BCUT2D eigenvalue weighted by molar-refractivity contribution is 0.392. The molecule has 1 unspecified atom stereocenters. The molecule has 0 spiro atoms. The Morgan fingerprint density at radius 3 is 2.65 bits per heavy atom. The lowest BCUT2D eigenvalue weighted by atomic mass is 10.1. The van der Waals surface area contributed by atoms with E-state index in [0.29, 0.717) is 6.04 Å². The second kappa shape index (κ2) is 9.19. The second-order valence-corrected chi connectivity index (χ2v) is 6.52. The van der Waals surface area contributed by atoms with E-state index in [1.165, 1.54) is 37.0 Å². The Morgan fingerprint density at radius 2 is 2.05 bits per heavy atom. The van der Waals surface area contributed by atoms with E-state index in [1.54, 1.807) is 18.4 Å². The first-order chi connectivity index (χ1) is 9.58. The highest BCUT2D eigenvalue weighted by molar-refractivity contribution is 7.15. The van der Waals surface area contributed by atoms with Crippen LogP contribution < -0.4 is 15.0 Å². The van der Waals surface area contributed by atoms with Crippen molar-refractivity contribution in [2.45, 2.75) is 58.5 Å². The number of thiazole rings is 1. The molecule has 0 aliphatic carbocycles. The number of unbranched alkanes of at least 4 members (excludes halogenated alkanes) is 3. The average Bonchev–Trinajstić information content (AvgIpc) is 2.85. The summed E-state index contributed by atoms with van der Waals surface area (Å²) in [4.78, 5) is 7.67. The van der Waals surface area contributed by atoms with E-state index in [-0.39, 0.29) is 0 Å². The summed E-state index contributed by atoms with van der Waals surface area (Å²) in [7, 11) is 5.70. The molecule has 1 atom stereocenters. The number of anilines is 1.